The summed E-state index contributed by atoms with van der Waals surface area (Å²) in [7, 11) is 2.11. The number of likely N-dealkylation sites (N-methyl/N-ethyl adjacent to an activating group) is 1. The number of amidine groups is 1. The standard InChI is InChI=1S/C28H43N7O/c1-4-13-33(14-5-2)15-6-7-16-35-20-24-18-23(8-9-25(24)28(35)36)19-34(21-26-29-10-11-30-26)22-27-31-12-17-32(27)3/h8-11,18H,4-7,12-17,19-22H2,1-3H3,(H,29,30). The Morgan fingerprint density at radius 2 is 1.86 bits per heavy atom. The molecule has 0 aliphatic carbocycles. The predicted molar refractivity (Wildman–Crippen MR) is 145 cm³/mol. The molecule has 1 amide bonds. The van der Waals surface area contributed by atoms with Gasteiger partial charge in [0.2, 0.25) is 0 Å². The minimum absolute atomic E-state index is 0.185. The number of benzene rings is 1. The van der Waals surface area contributed by atoms with Crippen molar-refractivity contribution in [2.45, 2.75) is 59.2 Å². The molecule has 0 unspecified atom stereocenters. The Hall–Kier alpha value is -2.71. The van der Waals surface area contributed by atoms with Gasteiger partial charge in [-0.1, -0.05) is 26.0 Å². The summed E-state index contributed by atoms with van der Waals surface area (Å²) in [6.07, 6.45) is 8.27. The van der Waals surface area contributed by atoms with Gasteiger partial charge in [-0.3, -0.25) is 14.7 Å². The molecule has 0 spiro atoms. The Morgan fingerprint density at radius 3 is 2.56 bits per heavy atom. The lowest BCUT2D eigenvalue weighted by atomic mass is 10.1. The largest absolute Gasteiger partial charge is 0.360 e. The van der Waals surface area contributed by atoms with Crippen LogP contribution in [0.2, 0.25) is 0 Å². The van der Waals surface area contributed by atoms with Crippen molar-refractivity contribution in [3.8, 4) is 0 Å². The first-order valence-electron chi connectivity index (χ1n) is 13.7. The zero-order valence-electron chi connectivity index (χ0n) is 22.4. The van der Waals surface area contributed by atoms with Crippen LogP contribution in [0.1, 0.15) is 66.8 Å². The Morgan fingerprint density at radius 1 is 1.03 bits per heavy atom. The second-order valence-electron chi connectivity index (χ2n) is 10.2. The summed E-state index contributed by atoms with van der Waals surface area (Å²) in [5, 5.41) is 0. The fourth-order valence-electron chi connectivity index (χ4n) is 5.29. The van der Waals surface area contributed by atoms with Crippen molar-refractivity contribution in [3.05, 3.63) is 53.1 Å². The van der Waals surface area contributed by atoms with Gasteiger partial charge in [-0.05, 0) is 62.5 Å². The van der Waals surface area contributed by atoms with E-state index >= 15 is 0 Å². The van der Waals surface area contributed by atoms with Gasteiger partial charge in [0.25, 0.3) is 5.91 Å². The lowest BCUT2D eigenvalue weighted by Crippen LogP contribution is -2.36. The van der Waals surface area contributed by atoms with E-state index in [9.17, 15) is 4.79 Å². The maximum absolute atomic E-state index is 13.0. The Balaban J connectivity index is 1.34. The molecular weight excluding hydrogens is 450 g/mol. The highest BCUT2D eigenvalue weighted by molar-refractivity contribution is 5.98. The number of hydrogen-bond acceptors (Lipinski definition) is 6. The number of unbranched alkanes of at least 4 members (excludes halogenated alkanes) is 1. The topological polar surface area (TPSA) is 71.1 Å². The molecule has 0 atom stereocenters. The van der Waals surface area contributed by atoms with E-state index in [4.69, 9.17) is 0 Å². The highest BCUT2D eigenvalue weighted by Gasteiger charge is 2.27. The zero-order chi connectivity index (χ0) is 25.3. The molecule has 0 saturated carbocycles. The third kappa shape index (κ3) is 6.95. The van der Waals surface area contributed by atoms with E-state index in [1.807, 2.05) is 17.2 Å². The first kappa shape index (κ1) is 26.4. The SMILES string of the molecule is CCCN(CCC)CCCCN1Cc2cc(CN(CC3=NCCN3C)Cc3ncc[nH]3)ccc2C1=O. The fourth-order valence-corrected chi connectivity index (χ4v) is 5.29. The molecule has 1 aromatic carbocycles. The number of amides is 1. The molecular formula is C28H43N7O. The smallest absolute Gasteiger partial charge is 0.254 e. The van der Waals surface area contributed by atoms with Crippen molar-refractivity contribution in [2.24, 2.45) is 4.99 Å². The second-order valence-corrected chi connectivity index (χ2v) is 10.2. The first-order chi connectivity index (χ1) is 17.6. The van der Waals surface area contributed by atoms with Crippen LogP contribution in [0.3, 0.4) is 0 Å². The summed E-state index contributed by atoms with van der Waals surface area (Å²) in [6, 6.07) is 6.37. The quantitative estimate of drug-likeness (QED) is 0.384. The maximum atomic E-state index is 13.0. The summed E-state index contributed by atoms with van der Waals surface area (Å²) in [5.41, 5.74) is 3.25. The number of rotatable bonds is 15. The molecule has 0 radical (unpaired) electrons. The molecule has 1 N–H and O–H groups in total. The van der Waals surface area contributed by atoms with Crippen LogP contribution < -0.4 is 0 Å². The Bertz CT molecular complexity index is 997. The van der Waals surface area contributed by atoms with E-state index in [2.05, 4.69) is 62.7 Å². The van der Waals surface area contributed by atoms with Gasteiger partial charge in [0.15, 0.2) is 0 Å². The van der Waals surface area contributed by atoms with Crippen molar-refractivity contribution >= 4 is 11.7 Å². The van der Waals surface area contributed by atoms with E-state index < -0.39 is 0 Å². The van der Waals surface area contributed by atoms with Gasteiger partial charge in [0.1, 0.15) is 11.7 Å². The van der Waals surface area contributed by atoms with E-state index in [0.717, 1.165) is 88.0 Å². The Labute approximate surface area is 216 Å². The van der Waals surface area contributed by atoms with E-state index in [0.29, 0.717) is 0 Å². The van der Waals surface area contributed by atoms with Gasteiger partial charge in [-0.2, -0.15) is 0 Å². The summed E-state index contributed by atoms with van der Waals surface area (Å²) in [5.74, 6) is 2.26. The summed E-state index contributed by atoms with van der Waals surface area (Å²) in [6.45, 7) is 13.7. The molecule has 2 aliphatic rings. The number of aromatic nitrogens is 2. The minimum atomic E-state index is 0.185. The summed E-state index contributed by atoms with van der Waals surface area (Å²) >= 11 is 0. The molecule has 4 rings (SSSR count). The molecule has 8 nitrogen and oxygen atoms in total. The van der Waals surface area contributed by atoms with Gasteiger partial charge in [-0.25, -0.2) is 4.98 Å². The number of fused-ring (bicyclic) bond motifs is 1. The number of carbonyl (C=O) groups excluding carboxylic acids is 1. The van der Waals surface area contributed by atoms with Crippen molar-refractivity contribution in [1.82, 2.24) is 29.6 Å². The van der Waals surface area contributed by atoms with Gasteiger partial charge in [0, 0.05) is 51.2 Å². The molecule has 3 heterocycles. The van der Waals surface area contributed by atoms with Crippen LogP contribution >= 0.6 is 0 Å². The third-order valence-electron chi connectivity index (χ3n) is 7.15. The molecule has 0 fully saturated rings. The molecule has 0 bridgehead atoms. The highest BCUT2D eigenvalue weighted by Crippen LogP contribution is 2.25. The van der Waals surface area contributed by atoms with Crippen LogP contribution in [0.15, 0.2) is 35.6 Å². The average molecular weight is 494 g/mol. The van der Waals surface area contributed by atoms with Crippen LogP contribution in [-0.2, 0) is 19.6 Å². The predicted octanol–water partition coefficient (Wildman–Crippen LogP) is 3.61. The summed E-state index contributed by atoms with van der Waals surface area (Å²) in [4.78, 5) is 34.5. The molecule has 2 aliphatic heterocycles. The maximum Gasteiger partial charge on any atom is 0.254 e. The minimum Gasteiger partial charge on any atom is -0.360 e. The van der Waals surface area contributed by atoms with E-state index in [1.54, 1.807) is 6.20 Å². The number of nitrogens with zero attached hydrogens (tertiary/aromatic N) is 6. The highest BCUT2D eigenvalue weighted by atomic mass is 16.2. The number of imidazole rings is 1. The normalized spacial score (nSPS) is 15.5. The molecule has 196 valence electrons. The van der Waals surface area contributed by atoms with Crippen molar-refractivity contribution in [3.63, 3.8) is 0 Å². The molecule has 0 saturated heterocycles. The lowest BCUT2D eigenvalue weighted by Gasteiger charge is -2.24. The van der Waals surface area contributed by atoms with Crippen LogP contribution in [0.4, 0.5) is 0 Å². The third-order valence-corrected chi connectivity index (χ3v) is 7.15. The second kappa shape index (κ2) is 13.0. The van der Waals surface area contributed by atoms with E-state index in [1.165, 1.54) is 31.5 Å². The number of H-pyrrole nitrogens is 1. The van der Waals surface area contributed by atoms with Gasteiger partial charge in [-0.15, -0.1) is 0 Å². The van der Waals surface area contributed by atoms with Crippen molar-refractivity contribution in [1.29, 1.82) is 0 Å². The van der Waals surface area contributed by atoms with Gasteiger partial charge in [0.05, 0.1) is 19.6 Å². The van der Waals surface area contributed by atoms with Crippen molar-refractivity contribution in [2.75, 3.05) is 52.9 Å². The number of nitrogens with one attached hydrogen (secondary N) is 1. The van der Waals surface area contributed by atoms with Crippen LogP contribution in [-0.4, -0.2) is 94.2 Å². The lowest BCUT2D eigenvalue weighted by molar-refractivity contribution is 0.0774. The van der Waals surface area contributed by atoms with Crippen LogP contribution in [0.25, 0.3) is 0 Å². The van der Waals surface area contributed by atoms with Crippen LogP contribution in [0.5, 0.6) is 0 Å². The van der Waals surface area contributed by atoms with Gasteiger partial charge >= 0.3 is 0 Å². The number of aromatic amines is 1. The molecule has 8 heteroatoms. The number of aliphatic imine (C=N–C) groups is 1. The molecule has 1 aromatic heterocycles. The number of hydrogen-bond donors (Lipinski definition) is 1. The van der Waals surface area contributed by atoms with E-state index in [-0.39, 0.29) is 5.91 Å². The molecule has 36 heavy (non-hydrogen) atoms. The van der Waals surface area contributed by atoms with Gasteiger partial charge < -0.3 is 19.7 Å². The zero-order valence-corrected chi connectivity index (χ0v) is 22.4. The Kier molecular flexibility index (Phi) is 9.53. The first-order valence-corrected chi connectivity index (χ1v) is 13.7. The average Bonchev–Trinajstić information content (AvgIpc) is 3.59. The fraction of sp³-hybridized carbons (Fsp3) is 0.607. The molecule has 2 aromatic rings. The van der Waals surface area contributed by atoms with Crippen molar-refractivity contribution < 1.29 is 4.79 Å². The van der Waals surface area contributed by atoms with Crippen LogP contribution in [0, 0.1) is 0 Å². The monoisotopic (exact) mass is 493 g/mol. The number of carbonyl (C=O) groups is 1. The summed E-state index contributed by atoms with van der Waals surface area (Å²) < 4.78 is 0.